The molecule has 0 aliphatic rings. The Morgan fingerprint density at radius 2 is 1.96 bits per heavy atom. The third-order valence-corrected chi connectivity index (χ3v) is 4.91. The Labute approximate surface area is 162 Å². The summed E-state index contributed by atoms with van der Waals surface area (Å²) in [5.74, 6) is 0.420. The molecule has 0 radical (unpaired) electrons. The number of anilines is 2. The average molecular weight is 377 g/mol. The van der Waals surface area contributed by atoms with E-state index in [4.69, 9.17) is 10.00 Å². The summed E-state index contributed by atoms with van der Waals surface area (Å²) in [7, 11) is 0. The second-order valence-electron chi connectivity index (χ2n) is 5.89. The Morgan fingerprint density at radius 3 is 2.63 bits per heavy atom. The highest BCUT2D eigenvalue weighted by Gasteiger charge is 2.18. The number of hydrogen-bond donors (Lipinski definition) is 0. The molecule has 0 saturated heterocycles. The molecule has 0 fully saturated rings. The van der Waals surface area contributed by atoms with Gasteiger partial charge in [-0.2, -0.15) is 5.26 Å². The minimum Gasteiger partial charge on any atom is -0.486 e. The lowest BCUT2D eigenvalue weighted by Gasteiger charge is -2.18. The zero-order chi connectivity index (χ0) is 19.2. The van der Waals surface area contributed by atoms with Gasteiger partial charge in [-0.15, -0.1) is 11.3 Å². The van der Waals surface area contributed by atoms with Crippen molar-refractivity contribution < 1.29 is 9.53 Å². The SMILES string of the molecule is CCc1ccc(N(C(C)=O)c2nc(COc3ccccc3C#N)cs2)cc1. The maximum atomic E-state index is 12.2. The van der Waals surface area contributed by atoms with Gasteiger partial charge in [0, 0.05) is 12.3 Å². The third kappa shape index (κ3) is 4.33. The first-order valence-corrected chi connectivity index (χ1v) is 9.46. The fraction of sp³-hybridized carbons (Fsp3) is 0.190. The van der Waals surface area contributed by atoms with Gasteiger partial charge in [-0.3, -0.25) is 9.69 Å². The van der Waals surface area contributed by atoms with E-state index in [9.17, 15) is 4.79 Å². The molecule has 27 heavy (non-hydrogen) atoms. The Bertz CT molecular complexity index is 974. The number of carbonyl (C=O) groups is 1. The first kappa shape index (κ1) is 18.6. The highest BCUT2D eigenvalue weighted by atomic mass is 32.1. The lowest BCUT2D eigenvalue weighted by molar-refractivity contribution is -0.115. The van der Waals surface area contributed by atoms with Crippen LogP contribution in [0.1, 0.15) is 30.7 Å². The molecule has 3 aromatic rings. The van der Waals surface area contributed by atoms with Crippen LogP contribution in [0.25, 0.3) is 0 Å². The van der Waals surface area contributed by atoms with Crippen molar-refractivity contribution >= 4 is 28.1 Å². The van der Waals surface area contributed by atoms with Crippen LogP contribution in [-0.4, -0.2) is 10.9 Å². The molecule has 0 saturated carbocycles. The molecule has 5 nitrogen and oxygen atoms in total. The Hall–Kier alpha value is -3.17. The van der Waals surface area contributed by atoms with Crippen molar-refractivity contribution in [3.63, 3.8) is 0 Å². The van der Waals surface area contributed by atoms with Crippen LogP contribution < -0.4 is 9.64 Å². The van der Waals surface area contributed by atoms with Gasteiger partial charge in [0.1, 0.15) is 18.4 Å². The molecule has 1 amide bonds. The number of aryl methyl sites for hydroxylation is 1. The molecule has 136 valence electrons. The molecular formula is C21H19N3O2S. The predicted molar refractivity (Wildman–Crippen MR) is 106 cm³/mol. The van der Waals surface area contributed by atoms with E-state index in [1.54, 1.807) is 23.1 Å². The number of nitriles is 1. The zero-order valence-corrected chi connectivity index (χ0v) is 16.0. The Kier molecular flexibility index (Phi) is 5.84. The number of ether oxygens (including phenoxy) is 1. The fourth-order valence-corrected chi connectivity index (χ4v) is 3.48. The number of benzene rings is 2. The molecule has 0 aliphatic heterocycles. The molecule has 2 aromatic carbocycles. The third-order valence-electron chi connectivity index (χ3n) is 4.03. The maximum absolute atomic E-state index is 12.2. The van der Waals surface area contributed by atoms with E-state index in [-0.39, 0.29) is 12.5 Å². The van der Waals surface area contributed by atoms with Gasteiger partial charge < -0.3 is 4.74 Å². The van der Waals surface area contributed by atoms with Gasteiger partial charge in [0.25, 0.3) is 0 Å². The van der Waals surface area contributed by atoms with Gasteiger partial charge in [-0.05, 0) is 36.2 Å². The maximum Gasteiger partial charge on any atom is 0.230 e. The van der Waals surface area contributed by atoms with Gasteiger partial charge in [0.2, 0.25) is 5.91 Å². The standard InChI is InChI=1S/C21H19N3O2S/c1-3-16-8-10-19(11-9-16)24(15(2)25)21-23-18(14-27-21)13-26-20-7-5-4-6-17(20)12-22/h4-11,14H,3,13H2,1-2H3. The number of amides is 1. The second-order valence-corrected chi connectivity index (χ2v) is 6.73. The van der Waals surface area contributed by atoms with Crippen molar-refractivity contribution in [1.29, 1.82) is 5.26 Å². The summed E-state index contributed by atoms with van der Waals surface area (Å²) in [5, 5.41) is 11.6. The monoisotopic (exact) mass is 377 g/mol. The van der Waals surface area contributed by atoms with Crippen LogP contribution >= 0.6 is 11.3 Å². The van der Waals surface area contributed by atoms with Gasteiger partial charge in [-0.1, -0.05) is 31.2 Å². The number of rotatable bonds is 6. The molecule has 0 aliphatic carbocycles. The fourth-order valence-electron chi connectivity index (χ4n) is 2.61. The van der Waals surface area contributed by atoms with Crippen molar-refractivity contribution in [2.75, 3.05) is 4.90 Å². The topological polar surface area (TPSA) is 66.2 Å². The number of hydrogen-bond acceptors (Lipinski definition) is 5. The van der Waals surface area contributed by atoms with Crippen molar-refractivity contribution in [2.24, 2.45) is 0 Å². The van der Waals surface area contributed by atoms with Crippen LogP contribution in [0.3, 0.4) is 0 Å². The van der Waals surface area contributed by atoms with E-state index in [1.807, 2.05) is 35.7 Å². The second kappa shape index (κ2) is 8.47. The van der Waals surface area contributed by atoms with Gasteiger partial charge in [0.15, 0.2) is 5.13 Å². The first-order valence-electron chi connectivity index (χ1n) is 8.58. The van der Waals surface area contributed by atoms with Crippen LogP contribution in [-0.2, 0) is 17.8 Å². The van der Waals surface area contributed by atoms with Crippen molar-refractivity contribution in [2.45, 2.75) is 26.9 Å². The molecule has 0 spiro atoms. The normalized spacial score (nSPS) is 10.3. The number of aromatic nitrogens is 1. The molecule has 0 N–H and O–H groups in total. The number of carbonyl (C=O) groups excluding carboxylic acids is 1. The minimum absolute atomic E-state index is 0.101. The number of nitrogens with zero attached hydrogens (tertiary/aromatic N) is 3. The van der Waals surface area contributed by atoms with Crippen LogP contribution in [0.5, 0.6) is 5.75 Å². The molecular weight excluding hydrogens is 358 g/mol. The first-order chi connectivity index (χ1) is 13.1. The Morgan fingerprint density at radius 1 is 1.22 bits per heavy atom. The summed E-state index contributed by atoms with van der Waals surface area (Å²) in [5.41, 5.74) is 3.19. The zero-order valence-electron chi connectivity index (χ0n) is 15.2. The molecule has 6 heteroatoms. The van der Waals surface area contributed by atoms with Crippen LogP contribution in [0.15, 0.2) is 53.9 Å². The highest BCUT2D eigenvalue weighted by Crippen LogP contribution is 2.29. The van der Waals surface area contributed by atoms with E-state index in [1.165, 1.54) is 23.8 Å². The largest absolute Gasteiger partial charge is 0.486 e. The lowest BCUT2D eigenvalue weighted by Crippen LogP contribution is -2.22. The minimum atomic E-state index is -0.101. The van der Waals surface area contributed by atoms with E-state index in [0.717, 1.165) is 12.1 Å². The van der Waals surface area contributed by atoms with E-state index in [2.05, 4.69) is 18.0 Å². The summed E-state index contributed by atoms with van der Waals surface area (Å²) in [4.78, 5) is 18.3. The molecule has 1 heterocycles. The van der Waals surface area contributed by atoms with Crippen molar-refractivity contribution in [3.8, 4) is 11.8 Å². The lowest BCUT2D eigenvalue weighted by atomic mass is 10.1. The summed E-state index contributed by atoms with van der Waals surface area (Å²) in [6.45, 7) is 3.85. The van der Waals surface area contributed by atoms with Crippen LogP contribution in [0.2, 0.25) is 0 Å². The summed E-state index contributed by atoms with van der Waals surface area (Å²) < 4.78 is 5.72. The molecule has 0 bridgehead atoms. The molecule has 0 unspecified atom stereocenters. The van der Waals surface area contributed by atoms with E-state index < -0.39 is 0 Å². The highest BCUT2D eigenvalue weighted by molar-refractivity contribution is 7.14. The van der Waals surface area contributed by atoms with Gasteiger partial charge in [0.05, 0.1) is 16.9 Å². The Balaban J connectivity index is 1.78. The summed E-state index contributed by atoms with van der Waals surface area (Å²) >= 11 is 1.38. The van der Waals surface area contributed by atoms with Gasteiger partial charge >= 0.3 is 0 Å². The number of para-hydroxylation sites is 1. The molecule has 0 atom stereocenters. The van der Waals surface area contributed by atoms with Crippen molar-refractivity contribution in [3.05, 3.63) is 70.7 Å². The van der Waals surface area contributed by atoms with Crippen LogP contribution in [0.4, 0.5) is 10.8 Å². The predicted octanol–water partition coefficient (Wildman–Crippen LogP) is 4.84. The van der Waals surface area contributed by atoms with Crippen molar-refractivity contribution in [1.82, 2.24) is 4.98 Å². The van der Waals surface area contributed by atoms with E-state index >= 15 is 0 Å². The molecule has 1 aromatic heterocycles. The number of thiazole rings is 1. The smallest absolute Gasteiger partial charge is 0.230 e. The summed E-state index contributed by atoms with van der Waals surface area (Å²) in [6.07, 6.45) is 0.948. The van der Waals surface area contributed by atoms with Crippen LogP contribution in [0, 0.1) is 11.3 Å². The molecule has 3 rings (SSSR count). The summed E-state index contributed by atoms with van der Waals surface area (Å²) in [6, 6.07) is 17.1. The quantitative estimate of drug-likeness (QED) is 0.616. The average Bonchev–Trinajstić information content (AvgIpc) is 3.15. The van der Waals surface area contributed by atoms with Gasteiger partial charge in [-0.25, -0.2) is 4.98 Å². The van der Waals surface area contributed by atoms with E-state index in [0.29, 0.717) is 22.1 Å².